The van der Waals surface area contributed by atoms with E-state index in [0.717, 1.165) is 25.7 Å². The van der Waals surface area contributed by atoms with Crippen molar-refractivity contribution in [2.24, 2.45) is 0 Å². The van der Waals surface area contributed by atoms with E-state index in [-0.39, 0.29) is 5.89 Å². The summed E-state index contributed by atoms with van der Waals surface area (Å²) in [4.78, 5) is 25.3. The van der Waals surface area contributed by atoms with E-state index >= 15 is 0 Å². The molecular weight excluding hydrogens is 652 g/mol. The van der Waals surface area contributed by atoms with Crippen LogP contribution < -0.4 is 18.9 Å². The van der Waals surface area contributed by atoms with Crippen molar-refractivity contribution in [1.29, 1.82) is 0 Å². The fourth-order valence-electron chi connectivity index (χ4n) is 4.21. The number of rotatable bonds is 14. The van der Waals surface area contributed by atoms with Gasteiger partial charge in [0.25, 0.3) is 0 Å². The van der Waals surface area contributed by atoms with E-state index in [1.165, 1.54) is 0 Å². The predicted molar refractivity (Wildman–Crippen MR) is 176 cm³/mol. The van der Waals surface area contributed by atoms with Crippen LogP contribution in [0.2, 0.25) is 0 Å². The van der Waals surface area contributed by atoms with Gasteiger partial charge >= 0.3 is 11.9 Å². The molecule has 0 unspecified atom stereocenters. The molecule has 236 valence electrons. The lowest BCUT2D eigenvalue weighted by molar-refractivity contribution is 0.0724. The molecule has 0 fully saturated rings. The molecule has 0 aliphatic rings. The molecule has 0 radical (unpaired) electrons. The van der Waals surface area contributed by atoms with E-state index in [1.54, 1.807) is 91.0 Å². The Morgan fingerprint density at radius 1 is 0.630 bits per heavy atom. The number of benzene rings is 4. The highest BCUT2D eigenvalue weighted by Gasteiger charge is 2.16. The van der Waals surface area contributed by atoms with Crippen molar-refractivity contribution in [1.82, 2.24) is 10.2 Å². The standard InChI is InChI=1S/C36H33BrN2O7/c1-3-5-21-42-28-14-9-25(10-15-28)35(40)44-30-18-7-24(8-19-30)33-38-39-34(46-33)27-13-20-32(31(37)23-27)45-36(41)26-11-16-29(17-12-26)43-22-6-4-2/h7-20,23H,3-6,21-22H2,1-2H3. The molecular formula is C36H33BrN2O7. The van der Waals surface area contributed by atoms with Crippen molar-refractivity contribution < 1.29 is 33.0 Å². The first kappa shape index (κ1) is 32.4. The molecule has 4 aromatic carbocycles. The zero-order valence-corrected chi connectivity index (χ0v) is 27.1. The second-order valence-corrected chi connectivity index (χ2v) is 11.2. The number of unbranched alkanes of at least 4 members (excludes halogenated alkanes) is 2. The smallest absolute Gasteiger partial charge is 0.343 e. The van der Waals surface area contributed by atoms with Crippen molar-refractivity contribution in [2.75, 3.05) is 13.2 Å². The highest BCUT2D eigenvalue weighted by atomic mass is 79.9. The molecule has 0 saturated heterocycles. The quantitative estimate of drug-likeness (QED) is 0.0643. The number of carbonyl (C=O) groups excluding carboxylic acids is 2. The molecule has 5 aromatic rings. The summed E-state index contributed by atoms with van der Waals surface area (Å²) in [5.74, 6) is 1.75. The Bertz CT molecular complexity index is 1750. The Hall–Kier alpha value is -4.96. The average Bonchev–Trinajstić information content (AvgIpc) is 3.57. The number of halogens is 1. The van der Waals surface area contributed by atoms with Crippen LogP contribution in [0.25, 0.3) is 22.9 Å². The molecule has 0 amide bonds. The first-order valence-electron chi connectivity index (χ1n) is 15.1. The van der Waals surface area contributed by atoms with Crippen molar-refractivity contribution >= 4 is 27.9 Å². The minimum Gasteiger partial charge on any atom is -0.494 e. The molecule has 0 atom stereocenters. The fourth-order valence-corrected chi connectivity index (χ4v) is 4.67. The first-order chi connectivity index (χ1) is 22.4. The van der Waals surface area contributed by atoms with Gasteiger partial charge in [-0.15, -0.1) is 10.2 Å². The van der Waals surface area contributed by atoms with E-state index in [4.69, 9.17) is 23.4 Å². The third kappa shape index (κ3) is 8.60. The molecule has 1 heterocycles. The van der Waals surface area contributed by atoms with Crippen molar-refractivity contribution in [3.05, 3.63) is 107 Å². The molecule has 46 heavy (non-hydrogen) atoms. The summed E-state index contributed by atoms with van der Waals surface area (Å²) in [5, 5.41) is 8.32. The van der Waals surface area contributed by atoms with Gasteiger partial charge in [-0.05, 0) is 120 Å². The molecule has 0 spiro atoms. The molecule has 0 aliphatic carbocycles. The molecule has 0 aliphatic heterocycles. The van der Waals surface area contributed by atoms with E-state index < -0.39 is 11.9 Å². The summed E-state index contributed by atoms with van der Waals surface area (Å²) >= 11 is 3.47. The van der Waals surface area contributed by atoms with Crippen molar-refractivity contribution in [3.63, 3.8) is 0 Å². The number of aromatic nitrogens is 2. The maximum absolute atomic E-state index is 12.7. The van der Waals surface area contributed by atoms with Gasteiger partial charge in [0.15, 0.2) is 0 Å². The van der Waals surface area contributed by atoms with Crippen LogP contribution >= 0.6 is 15.9 Å². The number of esters is 2. The molecule has 10 heteroatoms. The monoisotopic (exact) mass is 684 g/mol. The maximum Gasteiger partial charge on any atom is 0.343 e. The summed E-state index contributed by atoms with van der Waals surface area (Å²) in [5.41, 5.74) is 2.11. The molecule has 1 aromatic heterocycles. The third-order valence-electron chi connectivity index (χ3n) is 6.83. The number of nitrogens with zero attached hydrogens (tertiary/aromatic N) is 2. The highest BCUT2D eigenvalue weighted by Crippen LogP contribution is 2.32. The highest BCUT2D eigenvalue weighted by molar-refractivity contribution is 9.10. The second-order valence-electron chi connectivity index (χ2n) is 10.3. The zero-order chi connectivity index (χ0) is 32.3. The van der Waals surface area contributed by atoms with Crippen LogP contribution in [0.15, 0.2) is 99.9 Å². The molecule has 9 nitrogen and oxygen atoms in total. The van der Waals surface area contributed by atoms with Crippen LogP contribution in [0.1, 0.15) is 60.2 Å². The number of hydrogen-bond donors (Lipinski definition) is 0. The van der Waals surface area contributed by atoms with Crippen molar-refractivity contribution in [2.45, 2.75) is 39.5 Å². The summed E-state index contributed by atoms with van der Waals surface area (Å²) in [6, 6.07) is 25.6. The number of ether oxygens (including phenoxy) is 4. The summed E-state index contributed by atoms with van der Waals surface area (Å²) in [6.07, 6.45) is 4.04. The lowest BCUT2D eigenvalue weighted by Gasteiger charge is -2.09. The normalized spacial score (nSPS) is 10.8. The fraction of sp³-hybridized carbons (Fsp3) is 0.222. The third-order valence-corrected chi connectivity index (χ3v) is 7.45. The van der Waals surface area contributed by atoms with Gasteiger partial charge in [-0.3, -0.25) is 0 Å². The molecule has 0 bridgehead atoms. The van der Waals surface area contributed by atoms with Crippen LogP contribution in [0.3, 0.4) is 0 Å². The SMILES string of the molecule is CCCCOc1ccc(C(=O)Oc2ccc(-c3nnc(-c4ccc(OC(=O)c5ccc(OCCCC)cc5)c(Br)c4)o3)cc2)cc1. The van der Waals surface area contributed by atoms with Gasteiger partial charge in [-0.1, -0.05) is 26.7 Å². The Morgan fingerprint density at radius 3 is 1.63 bits per heavy atom. The average molecular weight is 686 g/mol. The Kier molecular flexibility index (Phi) is 11.2. The van der Waals surface area contributed by atoms with Gasteiger partial charge in [-0.25, -0.2) is 9.59 Å². The summed E-state index contributed by atoms with van der Waals surface area (Å²) in [7, 11) is 0. The molecule has 5 rings (SSSR count). The summed E-state index contributed by atoms with van der Waals surface area (Å²) < 4.78 is 28.8. The largest absolute Gasteiger partial charge is 0.494 e. The lowest BCUT2D eigenvalue weighted by atomic mass is 10.2. The maximum atomic E-state index is 12.7. The van der Waals surface area contributed by atoms with Gasteiger partial charge in [-0.2, -0.15) is 0 Å². The lowest BCUT2D eigenvalue weighted by Crippen LogP contribution is -2.09. The number of hydrogen-bond acceptors (Lipinski definition) is 9. The first-order valence-corrected chi connectivity index (χ1v) is 15.9. The summed E-state index contributed by atoms with van der Waals surface area (Å²) in [6.45, 7) is 5.48. The van der Waals surface area contributed by atoms with Crippen LogP contribution in [-0.2, 0) is 0 Å². The van der Waals surface area contributed by atoms with Gasteiger partial charge in [0.2, 0.25) is 11.8 Å². The Balaban J connectivity index is 1.17. The van der Waals surface area contributed by atoms with Crippen LogP contribution in [0.5, 0.6) is 23.0 Å². The van der Waals surface area contributed by atoms with E-state index in [0.29, 0.717) is 68.8 Å². The topological polar surface area (TPSA) is 110 Å². The Labute approximate surface area is 275 Å². The van der Waals surface area contributed by atoms with Gasteiger partial charge in [0, 0.05) is 11.1 Å². The van der Waals surface area contributed by atoms with Crippen LogP contribution in [-0.4, -0.2) is 35.3 Å². The minimum atomic E-state index is -0.493. The van der Waals surface area contributed by atoms with Crippen LogP contribution in [0, 0.1) is 0 Å². The molecule has 0 saturated carbocycles. The van der Waals surface area contributed by atoms with Gasteiger partial charge in [0.05, 0.1) is 28.8 Å². The Morgan fingerprint density at radius 2 is 1.11 bits per heavy atom. The van der Waals surface area contributed by atoms with Gasteiger partial charge in [0.1, 0.15) is 23.0 Å². The number of carbonyl (C=O) groups is 2. The van der Waals surface area contributed by atoms with E-state index in [1.807, 2.05) is 0 Å². The minimum absolute atomic E-state index is 0.282. The second kappa shape index (κ2) is 15.9. The van der Waals surface area contributed by atoms with Crippen LogP contribution in [0.4, 0.5) is 0 Å². The predicted octanol–water partition coefficient (Wildman–Crippen LogP) is 8.96. The molecule has 0 N–H and O–H groups in total. The zero-order valence-electron chi connectivity index (χ0n) is 25.5. The van der Waals surface area contributed by atoms with Crippen molar-refractivity contribution in [3.8, 4) is 45.9 Å². The van der Waals surface area contributed by atoms with E-state index in [2.05, 4.69) is 40.0 Å². The van der Waals surface area contributed by atoms with Gasteiger partial charge < -0.3 is 23.4 Å². The van der Waals surface area contributed by atoms with E-state index in [9.17, 15) is 9.59 Å².